The fourth-order valence-corrected chi connectivity index (χ4v) is 2.42. The Labute approximate surface area is 84.5 Å². The predicted octanol–water partition coefficient (Wildman–Crippen LogP) is 2.48. The zero-order chi connectivity index (χ0) is 9.10. The minimum Gasteiger partial charge on any atom is -0.386 e. The average molecular weight is 211 g/mol. The highest BCUT2D eigenvalue weighted by Crippen LogP contribution is 2.20. The van der Waals surface area contributed by atoms with Gasteiger partial charge in [0, 0.05) is 18.0 Å². The van der Waals surface area contributed by atoms with Crippen molar-refractivity contribution in [3.8, 4) is 0 Å². The molecule has 0 fully saturated rings. The number of aliphatic hydroxyl groups excluding tert-OH is 1. The van der Waals surface area contributed by atoms with Crippen molar-refractivity contribution in [1.29, 1.82) is 0 Å². The monoisotopic (exact) mass is 211 g/mol. The molecule has 2 aromatic heterocycles. The summed E-state index contributed by atoms with van der Waals surface area (Å²) < 4.78 is 0. The van der Waals surface area contributed by atoms with Gasteiger partial charge in [-0.15, -0.1) is 11.3 Å². The van der Waals surface area contributed by atoms with Gasteiger partial charge in [-0.2, -0.15) is 11.3 Å². The van der Waals surface area contributed by atoms with E-state index < -0.39 is 6.10 Å². The molecule has 0 aliphatic rings. The summed E-state index contributed by atoms with van der Waals surface area (Å²) in [5, 5.41) is 16.5. The molecule has 0 bridgehead atoms. The molecule has 0 aromatic carbocycles. The molecular weight excluding hydrogens is 202 g/mol. The van der Waals surface area contributed by atoms with Crippen LogP contribution in [0.1, 0.15) is 16.7 Å². The molecule has 2 aromatic rings. The summed E-state index contributed by atoms with van der Waals surface area (Å²) in [6, 6.07) is 2.03. The van der Waals surface area contributed by atoms with E-state index in [-0.39, 0.29) is 0 Å². The van der Waals surface area contributed by atoms with Crippen LogP contribution in [0.5, 0.6) is 0 Å². The highest BCUT2D eigenvalue weighted by atomic mass is 32.1. The largest absolute Gasteiger partial charge is 0.386 e. The quantitative estimate of drug-likeness (QED) is 0.846. The first-order chi connectivity index (χ1) is 6.36. The van der Waals surface area contributed by atoms with Crippen LogP contribution in [-0.2, 0) is 6.42 Å². The lowest BCUT2D eigenvalue weighted by Gasteiger charge is -2.04. The van der Waals surface area contributed by atoms with E-state index in [0.29, 0.717) is 6.42 Å². The topological polar surface area (TPSA) is 33.1 Å². The van der Waals surface area contributed by atoms with E-state index in [1.54, 1.807) is 17.5 Å². The smallest absolute Gasteiger partial charge is 0.121 e. The first-order valence-electron chi connectivity index (χ1n) is 3.95. The molecule has 0 saturated carbocycles. The lowest BCUT2D eigenvalue weighted by atomic mass is 10.1. The third-order valence-corrected chi connectivity index (χ3v) is 3.35. The molecule has 0 radical (unpaired) electrons. The number of nitrogens with zero attached hydrogens (tertiary/aromatic N) is 1. The Morgan fingerprint density at radius 2 is 2.38 bits per heavy atom. The Morgan fingerprint density at radius 3 is 3.00 bits per heavy atom. The molecule has 0 aliphatic heterocycles. The number of rotatable bonds is 3. The van der Waals surface area contributed by atoms with Crippen LogP contribution in [0.2, 0.25) is 0 Å². The van der Waals surface area contributed by atoms with Crippen LogP contribution in [0.3, 0.4) is 0 Å². The fourth-order valence-electron chi connectivity index (χ4n) is 1.12. The standard InChI is InChI=1S/C9H9NOS2/c11-8(9-10-2-4-13-9)5-7-1-3-12-6-7/h1-4,6,8,11H,5H2. The Bertz CT molecular complexity index is 342. The third-order valence-electron chi connectivity index (χ3n) is 1.75. The molecule has 0 amide bonds. The van der Waals surface area contributed by atoms with Crippen LogP contribution in [-0.4, -0.2) is 10.1 Å². The van der Waals surface area contributed by atoms with E-state index in [9.17, 15) is 5.11 Å². The minimum absolute atomic E-state index is 0.449. The highest BCUT2D eigenvalue weighted by Gasteiger charge is 2.10. The SMILES string of the molecule is OC(Cc1ccsc1)c1nccs1. The van der Waals surface area contributed by atoms with Gasteiger partial charge in [-0.3, -0.25) is 0 Å². The third kappa shape index (κ3) is 2.15. The summed E-state index contributed by atoms with van der Waals surface area (Å²) in [6.45, 7) is 0. The number of thiazole rings is 1. The first kappa shape index (κ1) is 8.87. The van der Waals surface area contributed by atoms with Crippen molar-refractivity contribution >= 4 is 22.7 Å². The van der Waals surface area contributed by atoms with Crippen LogP contribution < -0.4 is 0 Å². The summed E-state index contributed by atoms with van der Waals surface area (Å²) >= 11 is 3.15. The number of aromatic nitrogens is 1. The van der Waals surface area contributed by atoms with E-state index >= 15 is 0 Å². The predicted molar refractivity (Wildman–Crippen MR) is 55.1 cm³/mol. The molecule has 2 nitrogen and oxygen atoms in total. The molecule has 0 aliphatic carbocycles. The molecule has 1 N–H and O–H groups in total. The van der Waals surface area contributed by atoms with Crippen molar-refractivity contribution in [2.24, 2.45) is 0 Å². The van der Waals surface area contributed by atoms with Crippen LogP contribution in [0.4, 0.5) is 0 Å². The van der Waals surface area contributed by atoms with Crippen molar-refractivity contribution in [3.05, 3.63) is 39.0 Å². The van der Waals surface area contributed by atoms with Crippen molar-refractivity contribution in [2.75, 3.05) is 0 Å². The molecule has 68 valence electrons. The Kier molecular flexibility index (Phi) is 2.73. The number of aliphatic hydroxyl groups is 1. The van der Waals surface area contributed by atoms with Crippen molar-refractivity contribution < 1.29 is 5.11 Å². The number of hydrogen-bond acceptors (Lipinski definition) is 4. The lowest BCUT2D eigenvalue weighted by Crippen LogP contribution is -1.99. The molecule has 2 heterocycles. The maximum absolute atomic E-state index is 9.73. The zero-order valence-electron chi connectivity index (χ0n) is 6.88. The summed E-state index contributed by atoms with van der Waals surface area (Å²) in [5.74, 6) is 0. The summed E-state index contributed by atoms with van der Waals surface area (Å²) in [5.41, 5.74) is 1.17. The van der Waals surface area contributed by atoms with Gasteiger partial charge in [-0.05, 0) is 22.4 Å². The zero-order valence-corrected chi connectivity index (χ0v) is 8.52. The van der Waals surface area contributed by atoms with Crippen molar-refractivity contribution in [3.63, 3.8) is 0 Å². The second kappa shape index (κ2) is 4.00. The van der Waals surface area contributed by atoms with E-state index in [4.69, 9.17) is 0 Å². The van der Waals surface area contributed by atoms with Crippen LogP contribution in [0, 0.1) is 0 Å². The van der Waals surface area contributed by atoms with Crippen molar-refractivity contribution in [1.82, 2.24) is 4.98 Å². The Balaban J connectivity index is 2.04. The maximum atomic E-state index is 9.73. The normalized spacial score (nSPS) is 13.0. The van der Waals surface area contributed by atoms with Crippen LogP contribution >= 0.6 is 22.7 Å². The van der Waals surface area contributed by atoms with E-state index in [1.807, 2.05) is 16.8 Å². The van der Waals surface area contributed by atoms with Gasteiger partial charge in [0.2, 0.25) is 0 Å². The van der Waals surface area contributed by atoms with Gasteiger partial charge in [0.05, 0.1) is 0 Å². The fraction of sp³-hybridized carbons (Fsp3) is 0.222. The van der Waals surface area contributed by atoms with Gasteiger partial charge in [-0.25, -0.2) is 4.98 Å². The van der Waals surface area contributed by atoms with Gasteiger partial charge in [0.25, 0.3) is 0 Å². The van der Waals surface area contributed by atoms with Gasteiger partial charge in [0.1, 0.15) is 11.1 Å². The molecule has 1 atom stereocenters. The minimum atomic E-state index is -0.449. The molecule has 1 unspecified atom stereocenters. The van der Waals surface area contributed by atoms with Crippen molar-refractivity contribution in [2.45, 2.75) is 12.5 Å². The average Bonchev–Trinajstić information content (AvgIpc) is 2.74. The number of thiophene rings is 1. The molecule has 0 saturated heterocycles. The Morgan fingerprint density at radius 1 is 1.46 bits per heavy atom. The number of hydrogen-bond donors (Lipinski definition) is 1. The van der Waals surface area contributed by atoms with Crippen LogP contribution in [0.25, 0.3) is 0 Å². The van der Waals surface area contributed by atoms with Gasteiger partial charge in [-0.1, -0.05) is 0 Å². The Hall–Kier alpha value is -0.710. The van der Waals surface area contributed by atoms with E-state index in [1.165, 1.54) is 16.9 Å². The highest BCUT2D eigenvalue weighted by molar-refractivity contribution is 7.09. The van der Waals surface area contributed by atoms with Crippen LogP contribution in [0.15, 0.2) is 28.4 Å². The molecule has 2 rings (SSSR count). The first-order valence-corrected chi connectivity index (χ1v) is 5.77. The summed E-state index contributed by atoms with van der Waals surface area (Å²) in [4.78, 5) is 4.07. The van der Waals surface area contributed by atoms with Gasteiger partial charge >= 0.3 is 0 Å². The van der Waals surface area contributed by atoms with Gasteiger partial charge in [0.15, 0.2) is 0 Å². The maximum Gasteiger partial charge on any atom is 0.121 e. The molecule has 13 heavy (non-hydrogen) atoms. The molecule has 0 spiro atoms. The second-order valence-corrected chi connectivity index (χ2v) is 4.43. The van der Waals surface area contributed by atoms with E-state index in [0.717, 1.165) is 5.01 Å². The lowest BCUT2D eigenvalue weighted by molar-refractivity contribution is 0.178. The van der Waals surface area contributed by atoms with E-state index in [2.05, 4.69) is 10.4 Å². The summed E-state index contributed by atoms with van der Waals surface area (Å²) in [6.07, 6.45) is 1.93. The summed E-state index contributed by atoms with van der Waals surface area (Å²) in [7, 11) is 0. The molecule has 4 heteroatoms. The second-order valence-electron chi connectivity index (χ2n) is 2.72. The molecular formula is C9H9NOS2. The van der Waals surface area contributed by atoms with Gasteiger partial charge < -0.3 is 5.11 Å².